The van der Waals surface area contributed by atoms with Crippen molar-refractivity contribution in [2.75, 3.05) is 17.7 Å². The molecule has 22 heavy (non-hydrogen) atoms. The van der Waals surface area contributed by atoms with Crippen molar-refractivity contribution in [3.63, 3.8) is 0 Å². The molecule has 0 aliphatic rings. The van der Waals surface area contributed by atoms with Crippen LogP contribution >= 0.6 is 0 Å². The third-order valence-electron chi connectivity index (χ3n) is 2.72. The van der Waals surface area contributed by atoms with Gasteiger partial charge in [-0.15, -0.1) is 0 Å². The smallest absolute Gasteiger partial charge is 0.340 e. The number of esters is 1. The second-order valence-electron chi connectivity index (χ2n) is 4.34. The van der Waals surface area contributed by atoms with Crippen LogP contribution in [0.25, 0.3) is 0 Å². The molecule has 0 bridgehead atoms. The second kappa shape index (κ2) is 6.66. The van der Waals surface area contributed by atoms with E-state index in [0.29, 0.717) is 6.07 Å². The Morgan fingerprint density at radius 3 is 2.55 bits per heavy atom. The summed E-state index contributed by atoms with van der Waals surface area (Å²) in [5.41, 5.74) is 5.74. The molecular weight excluding hydrogens is 294 g/mol. The van der Waals surface area contributed by atoms with Gasteiger partial charge in [-0.2, -0.15) is 0 Å². The molecule has 0 aromatic heterocycles. The highest BCUT2D eigenvalue weighted by Gasteiger charge is 2.14. The monoisotopic (exact) mass is 306 g/mol. The van der Waals surface area contributed by atoms with Crippen molar-refractivity contribution in [2.45, 2.75) is 0 Å². The van der Waals surface area contributed by atoms with Gasteiger partial charge in [0.15, 0.2) is 6.61 Å². The maximum atomic E-state index is 13.3. The molecule has 7 heteroatoms. The standard InChI is InChI=1S/C15H12F2N2O3/c16-9-5-6-13(11(17)7-9)19-14(20)8-22-15(21)10-3-1-2-4-12(10)18/h1-7H,8,18H2,(H,19,20). The molecule has 1 amide bonds. The maximum Gasteiger partial charge on any atom is 0.340 e. The number of amides is 1. The number of carbonyl (C=O) groups is 2. The molecule has 0 atom stereocenters. The van der Waals surface area contributed by atoms with E-state index in [4.69, 9.17) is 10.5 Å². The van der Waals surface area contributed by atoms with Crippen molar-refractivity contribution in [1.82, 2.24) is 0 Å². The Labute approximate surface area is 124 Å². The molecule has 0 spiro atoms. The van der Waals surface area contributed by atoms with Crippen LogP contribution in [0.1, 0.15) is 10.4 Å². The molecule has 0 heterocycles. The van der Waals surface area contributed by atoms with Crippen LogP contribution in [-0.4, -0.2) is 18.5 Å². The van der Waals surface area contributed by atoms with Crippen molar-refractivity contribution in [1.29, 1.82) is 0 Å². The van der Waals surface area contributed by atoms with Gasteiger partial charge in [-0.25, -0.2) is 13.6 Å². The van der Waals surface area contributed by atoms with E-state index in [9.17, 15) is 18.4 Å². The number of nitrogen functional groups attached to an aromatic ring is 1. The van der Waals surface area contributed by atoms with Crippen LogP contribution in [0, 0.1) is 11.6 Å². The maximum absolute atomic E-state index is 13.3. The lowest BCUT2D eigenvalue weighted by molar-refractivity contribution is -0.119. The van der Waals surface area contributed by atoms with Gasteiger partial charge in [0.2, 0.25) is 0 Å². The van der Waals surface area contributed by atoms with Crippen LogP contribution < -0.4 is 11.1 Å². The number of ether oxygens (including phenoxy) is 1. The van der Waals surface area contributed by atoms with E-state index in [1.54, 1.807) is 12.1 Å². The highest BCUT2D eigenvalue weighted by atomic mass is 19.1. The molecule has 0 fully saturated rings. The topological polar surface area (TPSA) is 81.4 Å². The van der Waals surface area contributed by atoms with E-state index in [1.807, 2.05) is 0 Å². The summed E-state index contributed by atoms with van der Waals surface area (Å²) >= 11 is 0. The third kappa shape index (κ3) is 3.78. The number of nitrogens with one attached hydrogen (secondary N) is 1. The molecule has 0 saturated carbocycles. The average Bonchev–Trinajstić information content (AvgIpc) is 2.48. The zero-order valence-corrected chi connectivity index (χ0v) is 11.3. The predicted molar refractivity (Wildman–Crippen MR) is 76.1 cm³/mol. The van der Waals surface area contributed by atoms with Crippen molar-refractivity contribution in [3.05, 3.63) is 59.7 Å². The normalized spacial score (nSPS) is 10.1. The van der Waals surface area contributed by atoms with Crippen LogP contribution in [0.5, 0.6) is 0 Å². The van der Waals surface area contributed by atoms with Crippen molar-refractivity contribution in [3.8, 4) is 0 Å². The molecule has 114 valence electrons. The second-order valence-corrected chi connectivity index (χ2v) is 4.34. The molecule has 0 aliphatic carbocycles. The van der Waals surface area contributed by atoms with Crippen LogP contribution in [0.3, 0.4) is 0 Å². The number of halogens is 2. The number of nitrogens with two attached hydrogens (primary N) is 1. The van der Waals surface area contributed by atoms with E-state index in [2.05, 4.69) is 5.32 Å². The minimum atomic E-state index is -0.924. The zero-order chi connectivity index (χ0) is 16.1. The summed E-state index contributed by atoms with van der Waals surface area (Å²) in [5, 5.41) is 2.17. The Morgan fingerprint density at radius 1 is 1.14 bits per heavy atom. The van der Waals surface area contributed by atoms with Crippen molar-refractivity contribution < 1.29 is 23.1 Å². The van der Waals surface area contributed by atoms with Gasteiger partial charge in [0.05, 0.1) is 11.3 Å². The fourth-order valence-electron chi connectivity index (χ4n) is 1.67. The Kier molecular flexibility index (Phi) is 4.67. The Balaban J connectivity index is 1.93. The summed E-state index contributed by atoms with van der Waals surface area (Å²) in [6.07, 6.45) is 0. The van der Waals surface area contributed by atoms with Gasteiger partial charge in [0, 0.05) is 11.8 Å². The third-order valence-corrected chi connectivity index (χ3v) is 2.72. The molecule has 2 aromatic rings. The number of para-hydroxylation sites is 1. The Hall–Kier alpha value is -2.96. The van der Waals surface area contributed by atoms with Crippen molar-refractivity contribution >= 4 is 23.3 Å². The van der Waals surface area contributed by atoms with Gasteiger partial charge in [-0.1, -0.05) is 12.1 Å². The SMILES string of the molecule is Nc1ccccc1C(=O)OCC(=O)Nc1ccc(F)cc1F. The molecule has 5 nitrogen and oxygen atoms in total. The number of carbonyl (C=O) groups excluding carboxylic acids is 2. The molecule has 0 radical (unpaired) electrons. The summed E-state index contributed by atoms with van der Waals surface area (Å²) in [5.74, 6) is -3.21. The van der Waals surface area contributed by atoms with E-state index in [0.717, 1.165) is 12.1 Å². The number of anilines is 2. The van der Waals surface area contributed by atoms with E-state index in [-0.39, 0.29) is 16.9 Å². The predicted octanol–water partition coefficient (Wildman–Crippen LogP) is 2.34. The fraction of sp³-hybridized carbons (Fsp3) is 0.0667. The van der Waals surface area contributed by atoms with E-state index in [1.165, 1.54) is 12.1 Å². The minimum absolute atomic E-state index is 0.128. The lowest BCUT2D eigenvalue weighted by atomic mass is 10.2. The molecule has 0 unspecified atom stereocenters. The first-order valence-electron chi connectivity index (χ1n) is 6.24. The highest BCUT2D eigenvalue weighted by molar-refractivity contribution is 5.98. The molecular formula is C15H12F2N2O3. The van der Waals surface area contributed by atoms with Crippen molar-refractivity contribution in [2.24, 2.45) is 0 Å². The number of hydrogen-bond acceptors (Lipinski definition) is 4. The van der Waals surface area contributed by atoms with Crippen LogP contribution in [-0.2, 0) is 9.53 Å². The van der Waals surface area contributed by atoms with E-state index < -0.39 is 30.1 Å². The van der Waals surface area contributed by atoms with Gasteiger partial charge < -0.3 is 15.8 Å². The fourth-order valence-corrected chi connectivity index (χ4v) is 1.67. The van der Waals surface area contributed by atoms with E-state index >= 15 is 0 Å². The van der Waals surface area contributed by atoms with Gasteiger partial charge in [-0.05, 0) is 24.3 Å². The molecule has 0 aliphatic heterocycles. The summed E-state index contributed by atoms with van der Waals surface area (Å²) in [7, 11) is 0. The minimum Gasteiger partial charge on any atom is -0.452 e. The van der Waals surface area contributed by atoms with Gasteiger partial charge in [-0.3, -0.25) is 4.79 Å². The van der Waals surface area contributed by atoms with Gasteiger partial charge in [0.1, 0.15) is 11.6 Å². The number of benzene rings is 2. The first kappa shape index (κ1) is 15.4. The Morgan fingerprint density at radius 2 is 1.86 bits per heavy atom. The lowest BCUT2D eigenvalue weighted by Crippen LogP contribution is -2.21. The number of rotatable bonds is 4. The molecule has 0 saturated heterocycles. The molecule has 2 aromatic carbocycles. The quantitative estimate of drug-likeness (QED) is 0.671. The first-order valence-corrected chi connectivity index (χ1v) is 6.24. The number of hydrogen-bond donors (Lipinski definition) is 2. The largest absolute Gasteiger partial charge is 0.452 e. The summed E-state index contributed by atoms with van der Waals surface area (Å²) in [6.45, 7) is -0.621. The summed E-state index contributed by atoms with van der Waals surface area (Å²) in [6, 6.07) is 8.91. The lowest BCUT2D eigenvalue weighted by Gasteiger charge is -2.08. The van der Waals surface area contributed by atoms with Gasteiger partial charge in [0.25, 0.3) is 5.91 Å². The highest BCUT2D eigenvalue weighted by Crippen LogP contribution is 2.15. The van der Waals surface area contributed by atoms with Crippen LogP contribution in [0.4, 0.5) is 20.2 Å². The molecule has 2 rings (SSSR count). The molecule has 3 N–H and O–H groups in total. The summed E-state index contributed by atoms with van der Waals surface area (Å²) < 4.78 is 30.9. The first-order chi connectivity index (χ1) is 10.5. The summed E-state index contributed by atoms with van der Waals surface area (Å²) in [4.78, 5) is 23.3. The van der Waals surface area contributed by atoms with Gasteiger partial charge >= 0.3 is 5.97 Å². The average molecular weight is 306 g/mol. The zero-order valence-electron chi connectivity index (χ0n) is 11.3. The Bertz CT molecular complexity index is 720. The van der Waals surface area contributed by atoms with Crippen LogP contribution in [0.2, 0.25) is 0 Å². The van der Waals surface area contributed by atoms with Crippen LogP contribution in [0.15, 0.2) is 42.5 Å².